The minimum Gasteiger partial charge on any atom is -0.332 e. The van der Waals surface area contributed by atoms with Crippen LogP contribution in [0.1, 0.15) is 59.3 Å². The average Bonchev–Trinajstić information content (AvgIpc) is 2.45. The van der Waals surface area contributed by atoms with Crippen molar-refractivity contribution in [3.8, 4) is 0 Å². The summed E-state index contributed by atoms with van der Waals surface area (Å²) in [6.07, 6.45) is 11.2. The van der Waals surface area contributed by atoms with Crippen LogP contribution in [0.4, 0.5) is 0 Å². The van der Waals surface area contributed by atoms with E-state index in [9.17, 15) is 4.79 Å². The van der Waals surface area contributed by atoms with E-state index in [-0.39, 0.29) is 10.8 Å². The molecular weight excluding hydrogens is 222 g/mol. The third-order valence-electron chi connectivity index (χ3n) is 6.01. The zero-order valence-electron chi connectivity index (χ0n) is 11.9. The number of nitrogens with one attached hydrogen (secondary N) is 1. The molecule has 0 radical (unpaired) electrons. The Hall–Kier alpha value is -0.790. The molecule has 0 aromatic heterocycles. The van der Waals surface area contributed by atoms with Crippen molar-refractivity contribution in [3.05, 3.63) is 11.8 Å². The van der Waals surface area contributed by atoms with Crippen molar-refractivity contribution in [2.45, 2.75) is 59.3 Å². The molecule has 0 aromatic carbocycles. The number of carbonyl (C=O) groups is 1. The van der Waals surface area contributed by atoms with Gasteiger partial charge in [0.15, 0.2) is 0 Å². The van der Waals surface area contributed by atoms with Crippen molar-refractivity contribution in [1.29, 1.82) is 0 Å². The third kappa shape index (κ3) is 1.50. The summed E-state index contributed by atoms with van der Waals surface area (Å²) in [5, 5.41) is 3.04. The molecule has 1 spiro atoms. The second-order valence-electron chi connectivity index (χ2n) is 7.73. The summed E-state index contributed by atoms with van der Waals surface area (Å²) < 4.78 is 0. The molecule has 2 nitrogen and oxygen atoms in total. The zero-order valence-corrected chi connectivity index (χ0v) is 11.9. The van der Waals surface area contributed by atoms with Gasteiger partial charge in [-0.25, -0.2) is 0 Å². The highest BCUT2D eigenvalue weighted by atomic mass is 16.1. The number of amides is 1. The molecule has 2 bridgehead atoms. The van der Waals surface area contributed by atoms with Crippen molar-refractivity contribution < 1.29 is 4.79 Å². The Morgan fingerprint density at radius 2 is 2.06 bits per heavy atom. The lowest BCUT2D eigenvalue weighted by atomic mass is 9.49. The number of hydrogen-bond donors (Lipinski definition) is 1. The van der Waals surface area contributed by atoms with Crippen LogP contribution in [0.15, 0.2) is 11.8 Å². The molecule has 1 N–H and O–H groups in total. The SMILES string of the molecule is CC1(C)C=C(NC=O)[C@]23CCC[C@](C)(CC[C@@H]12)C3. The number of carbonyl (C=O) groups excluding carboxylic acids is 1. The van der Waals surface area contributed by atoms with E-state index in [0.717, 1.165) is 12.3 Å². The van der Waals surface area contributed by atoms with Gasteiger partial charge in [-0.2, -0.15) is 0 Å². The van der Waals surface area contributed by atoms with Crippen LogP contribution in [0.5, 0.6) is 0 Å². The van der Waals surface area contributed by atoms with Crippen LogP contribution in [0.25, 0.3) is 0 Å². The maximum absolute atomic E-state index is 10.9. The number of hydrogen-bond acceptors (Lipinski definition) is 1. The molecule has 0 heterocycles. The molecule has 3 atom stereocenters. The Balaban J connectivity index is 2.04. The van der Waals surface area contributed by atoms with Crippen LogP contribution in [-0.2, 0) is 4.79 Å². The van der Waals surface area contributed by atoms with Gasteiger partial charge in [-0.05, 0) is 48.9 Å². The second-order valence-corrected chi connectivity index (χ2v) is 7.73. The van der Waals surface area contributed by atoms with Gasteiger partial charge in [0.25, 0.3) is 0 Å². The summed E-state index contributed by atoms with van der Waals surface area (Å²) in [6.45, 7) is 7.14. The van der Waals surface area contributed by atoms with E-state index in [2.05, 4.69) is 32.2 Å². The molecule has 0 unspecified atom stereocenters. The maximum atomic E-state index is 10.9. The molecule has 2 fully saturated rings. The first-order valence-electron chi connectivity index (χ1n) is 7.36. The van der Waals surface area contributed by atoms with Crippen LogP contribution >= 0.6 is 0 Å². The number of rotatable bonds is 2. The summed E-state index contributed by atoms with van der Waals surface area (Å²) in [5.41, 5.74) is 2.26. The predicted octanol–water partition coefficient (Wildman–Crippen LogP) is 3.63. The Kier molecular flexibility index (Phi) is 2.46. The van der Waals surface area contributed by atoms with E-state index >= 15 is 0 Å². The normalized spacial score (nSPS) is 45.1. The van der Waals surface area contributed by atoms with Gasteiger partial charge in [-0.1, -0.05) is 33.3 Å². The first-order chi connectivity index (χ1) is 8.42. The van der Waals surface area contributed by atoms with E-state index in [1.165, 1.54) is 44.2 Å². The highest BCUT2D eigenvalue weighted by Gasteiger charge is 2.59. The van der Waals surface area contributed by atoms with Crippen LogP contribution in [0.2, 0.25) is 0 Å². The molecule has 0 aliphatic heterocycles. The summed E-state index contributed by atoms with van der Waals surface area (Å²) in [6, 6.07) is 0. The standard InChI is InChI=1S/C16H25NO/c1-14(2)9-13(17-11-18)16-7-4-6-15(3,10-16)8-5-12(14)16/h9,11-12H,4-8,10H2,1-3H3,(H,17,18)/t12-,15+,16-/m0/s1. The highest BCUT2D eigenvalue weighted by molar-refractivity contribution is 5.52. The second kappa shape index (κ2) is 3.61. The first-order valence-corrected chi connectivity index (χ1v) is 7.36. The van der Waals surface area contributed by atoms with Crippen molar-refractivity contribution in [1.82, 2.24) is 5.32 Å². The number of fused-ring (bicyclic) bond motifs is 1. The molecule has 2 saturated carbocycles. The molecular formula is C16H25NO. The Bertz CT molecular complexity index is 411. The van der Waals surface area contributed by atoms with Crippen molar-refractivity contribution in [3.63, 3.8) is 0 Å². The van der Waals surface area contributed by atoms with Gasteiger partial charge in [-0.3, -0.25) is 4.79 Å². The van der Waals surface area contributed by atoms with Gasteiger partial charge in [0, 0.05) is 11.1 Å². The molecule has 0 aromatic rings. The van der Waals surface area contributed by atoms with E-state index in [0.29, 0.717) is 5.41 Å². The van der Waals surface area contributed by atoms with E-state index in [1.54, 1.807) is 0 Å². The van der Waals surface area contributed by atoms with Crippen molar-refractivity contribution >= 4 is 6.41 Å². The summed E-state index contributed by atoms with van der Waals surface area (Å²) in [7, 11) is 0. The Labute approximate surface area is 110 Å². The lowest BCUT2D eigenvalue weighted by Gasteiger charge is -2.56. The van der Waals surface area contributed by atoms with Crippen LogP contribution < -0.4 is 5.32 Å². The molecule has 100 valence electrons. The van der Waals surface area contributed by atoms with E-state index in [4.69, 9.17) is 0 Å². The molecule has 18 heavy (non-hydrogen) atoms. The zero-order chi connectivity index (χ0) is 13.0. The predicted molar refractivity (Wildman–Crippen MR) is 72.8 cm³/mol. The molecule has 3 aliphatic rings. The van der Waals surface area contributed by atoms with E-state index < -0.39 is 0 Å². The van der Waals surface area contributed by atoms with Crippen molar-refractivity contribution in [2.24, 2.45) is 22.2 Å². The Morgan fingerprint density at radius 1 is 1.28 bits per heavy atom. The van der Waals surface area contributed by atoms with Crippen molar-refractivity contribution in [2.75, 3.05) is 0 Å². The average molecular weight is 247 g/mol. The van der Waals surface area contributed by atoms with Gasteiger partial charge in [0.2, 0.25) is 6.41 Å². The summed E-state index contributed by atoms with van der Waals surface area (Å²) in [5.74, 6) is 0.723. The fourth-order valence-corrected chi connectivity index (χ4v) is 5.42. The molecule has 2 heteroatoms. The largest absolute Gasteiger partial charge is 0.332 e. The summed E-state index contributed by atoms with van der Waals surface area (Å²) in [4.78, 5) is 10.9. The lowest BCUT2D eigenvalue weighted by molar-refractivity contribution is -0.110. The fraction of sp³-hybridized carbons (Fsp3) is 0.812. The van der Waals surface area contributed by atoms with Crippen LogP contribution in [-0.4, -0.2) is 6.41 Å². The summed E-state index contributed by atoms with van der Waals surface area (Å²) >= 11 is 0. The quantitative estimate of drug-likeness (QED) is 0.742. The molecule has 3 rings (SSSR count). The maximum Gasteiger partial charge on any atom is 0.211 e. The topological polar surface area (TPSA) is 29.1 Å². The lowest BCUT2D eigenvalue weighted by Crippen LogP contribution is -2.48. The fourth-order valence-electron chi connectivity index (χ4n) is 5.42. The van der Waals surface area contributed by atoms with Gasteiger partial charge in [-0.15, -0.1) is 0 Å². The minimum absolute atomic E-state index is 0.240. The van der Waals surface area contributed by atoms with Gasteiger partial charge in [0.05, 0.1) is 0 Å². The van der Waals surface area contributed by atoms with E-state index in [1.807, 2.05) is 0 Å². The smallest absolute Gasteiger partial charge is 0.211 e. The van der Waals surface area contributed by atoms with Gasteiger partial charge < -0.3 is 5.32 Å². The van der Waals surface area contributed by atoms with Crippen LogP contribution in [0, 0.1) is 22.2 Å². The number of allylic oxidation sites excluding steroid dienone is 2. The monoisotopic (exact) mass is 247 g/mol. The molecule has 1 amide bonds. The third-order valence-corrected chi connectivity index (χ3v) is 6.01. The molecule has 0 saturated heterocycles. The van der Waals surface area contributed by atoms with Gasteiger partial charge >= 0.3 is 0 Å². The van der Waals surface area contributed by atoms with Gasteiger partial charge in [0.1, 0.15) is 0 Å². The highest BCUT2D eigenvalue weighted by Crippen LogP contribution is 2.67. The van der Waals surface area contributed by atoms with Crippen LogP contribution in [0.3, 0.4) is 0 Å². The Morgan fingerprint density at radius 3 is 2.78 bits per heavy atom. The first kappa shape index (κ1) is 12.3. The minimum atomic E-state index is 0.240. The molecule has 3 aliphatic carbocycles.